The predicted molar refractivity (Wildman–Crippen MR) is 113 cm³/mol. The Morgan fingerprint density at radius 2 is 1.41 bits per heavy atom. The van der Waals surface area contributed by atoms with Crippen LogP contribution < -0.4 is 27.4 Å². The van der Waals surface area contributed by atoms with Crippen LogP contribution in [0.4, 0.5) is 0 Å². The average molecular weight is 462 g/mol. The molecule has 0 radical (unpaired) electrons. The van der Waals surface area contributed by atoms with Gasteiger partial charge in [0, 0.05) is 6.42 Å². The van der Waals surface area contributed by atoms with Gasteiger partial charge >= 0.3 is 11.9 Å². The zero-order valence-corrected chi connectivity index (χ0v) is 18.4. The molecule has 4 atom stereocenters. The maximum absolute atomic E-state index is 12.7. The van der Waals surface area contributed by atoms with Crippen LogP contribution in [0.1, 0.15) is 46.0 Å². The fraction of sp³-hybridized carbons (Fsp3) is 0.737. The summed E-state index contributed by atoms with van der Waals surface area (Å²) in [6, 6.07) is -4.94. The summed E-state index contributed by atoms with van der Waals surface area (Å²) in [4.78, 5) is 59.2. The maximum atomic E-state index is 12.7. The third-order valence-electron chi connectivity index (χ3n) is 4.63. The van der Waals surface area contributed by atoms with Crippen molar-refractivity contribution in [1.82, 2.24) is 16.0 Å². The van der Waals surface area contributed by atoms with Gasteiger partial charge in [-0.3, -0.25) is 19.2 Å². The van der Waals surface area contributed by atoms with Crippen molar-refractivity contribution in [2.45, 2.75) is 70.1 Å². The number of nitrogens with two attached hydrogens (primary N) is 2. The first-order valence-corrected chi connectivity index (χ1v) is 10.4. The normalized spacial score (nSPS) is 14.7. The van der Waals surface area contributed by atoms with E-state index in [-0.39, 0.29) is 19.3 Å². The second-order valence-corrected chi connectivity index (χ2v) is 7.70. The molecular formula is C19H35N5O8. The number of unbranched alkanes of at least 4 members (excludes halogenated alkanes) is 1. The number of aliphatic hydroxyl groups is 1. The first-order valence-electron chi connectivity index (χ1n) is 10.4. The number of amides is 3. The molecule has 0 saturated carbocycles. The standard InChI is InChI=1S/C19H35N5O8/c1-10(2)15(19(31)32)24-18(30)13(9-25)23-17(29)12(5-3-4-8-20)22-16(28)11(21)6-7-14(26)27/h10-13,15,25H,3-9,20-21H2,1-2H3,(H,22,28)(H,23,29)(H,24,30)(H,26,27)(H,31,32). The lowest BCUT2D eigenvalue weighted by atomic mass is 10.0. The first-order chi connectivity index (χ1) is 14.9. The van der Waals surface area contributed by atoms with Crippen molar-refractivity contribution < 1.29 is 39.3 Å². The van der Waals surface area contributed by atoms with E-state index in [4.69, 9.17) is 16.6 Å². The van der Waals surface area contributed by atoms with Crippen molar-refractivity contribution in [3.63, 3.8) is 0 Å². The number of aliphatic carboxylic acids is 2. The third kappa shape index (κ3) is 11.0. The van der Waals surface area contributed by atoms with E-state index in [1.54, 1.807) is 13.8 Å². The lowest BCUT2D eigenvalue weighted by Crippen LogP contribution is -2.58. The summed E-state index contributed by atoms with van der Waals surface area (Å²) in [6.45, 7) is 2.72. The minimum absolute atomic E-state index is 0.133. The third-order valence-corrected chi connectivity index (χ3v) is 4.63. The summed E-state index contributed by atoms with van der Waals surface area (Å²) >= 11 is 0. The number of carboxylic acids is 2. The Morgan fingerprint density at radius 3 is 1.88 bits per heavy atom. The summed E-state index contributed by atoms with van der Waals surface area (Å²) in [5.41, 5.74) is 11.1. The highest BCUT2D eigenvalue weighted by atomic mass is 16.4. The monoisotopic (exact) mass is 461 g/mol. The molecule has 0 aliphatic rings. The zero-order valence-electron chi connectivity index (χ0n) is 18.4. The molecule has 32 heavy (non-hydrogen) atoms. The first kappa shape index (κ1) is 29.2. The molecule has 4 unspecified atom stereocenters. The van der Waals surface area contributed by atoms with E-state index in [2.05, 4.69) is 16.0 Å². The van der Waals surface area contributed by atoms with Gasteiger partial charge in [0.2, 0.25) is 17.7 Å². The Hall–Kier alpha value is -2.77. The van der Waals surface area contributed by atoms with E-state index >= 15 is 0 Å². The largest absolute Gasteiger partial charge is 0.481 e. The number of carbonyl (C=O) groups is 5. The molecule has 10 N–H and O–H groups in total. The SMILES string of the molecule is CC(C)C(NC(=O)C(CO)NC(=O)C(CCCCN)NC(=O)C(N)CCC(=O)O)C(=O)O. The summed E-state index contributed by atoms with van der Waals surface area (Å²) < 4.78 is 0. The van der Waals surface area contributed by atoms with Crippen LogP contribution in [0.15, 0.2) is 0 Å². The van der Waals surface area contributed by atoms with Crippen molar-refractivity contribution in [2.24, 2.45) is 17.4 Å². The molecule has 0 spiro atoms. The summed E-state index contributed by atoms with van der Waals surface area (Å²) in [6.07, 6.45) is 0.717. The second kappa shape index (κ2) is 15.1. The van der Waals surface area contributed by atoms with Crippen LogP contribution >= 0.6 is 0 Å². The zero-order chi connectivity index (χ0) is 24.8. The van der Waals surface area contributed by atoms with Crippen molar-refractivity contribution in [3.05, 3.63) is 0 Å². The predicted octanol–water partition coefficient (Wildman–Crippen LogP) is -2.51. The van der Waals surface area contributed by atoms with Gasteiger partial charge < -0.3 is 42.7 Å². The van der Waals surface area contributed by atoms with Gasteiger partial charge in [0.05, 0.1) is 12.6 Å². The summed E-state index contributed by atoms with van der Waals surface area (Å²) in [7, 11) is 0. The van der Waals surface area contributed by atoms with Gasteiger partial charge in [0.15, 0.2) is 0 Å². The molecule has 0 aromatic carbocycles. The van der Waals surface area contributed by atoms with Crippen LogP contribution in [0.3, 0.4) is 0 Å². The molecule has 0 rings (SSSR count). The summed E-state index contributed by atoms with van der Waals surface area (Å²) in [5, 5.41) is 34.4. The van der Waals surface area contributed by atoms with Gasteiger partial charge in [-0.2, -0.15) is 0 Å². The molecule has 0 aliphatic carbocycles. The number of nitrogens with one attached hydrogen (secondary N) is 3. The van der Waals surface area contributed by atoms with E-state index in [9.17, 15) is 34.2 Å². The van der Waals surface area contributed by atoms with Crippen LogP contribution in [0.5, 0.6) is 0 Å². The smallest absolute Gasteiger partial charge is 0.326 e. The molecule has 184 valence electrons. The highest BCUT2D eigenvalue weighted by molar-refractivity contribution is 5.94. The fourth-order valence-corrected chi connectivity index (χ4v) is 2.68. The minimum atomic E-state index is -1.45. The Morgan fingerprint density at radius 1 is 0.844 bits per heavy atom. The second-order valence-electron chi connectivity index (χ2n) is 7.70. The number of hydrogen-bond acceptors (Lipinski definition) is 8. The lowest BCUT2D eigenvalue weighted by molar-refractivity contribution is -0.144. The molecule has 0 bridgehead atoms. The number of rotatable bonds is 16. The maximum Gasteiger partial charge on any atom is 0.326 e. The molecule has 13 nitrogen and oxygen atoms in total. The topological polar surface area (TPSA) is 234 Å². The summed E-state index contributed by atoms with van der Waals surface area (Å²) in [5.74, 6) is -5.25. The van der Waals surface area contributed by atoms with E-state index in [1.165, 1.54) is 0 Å². The number of hydrogen-bond donors (Lipinski definition) is 8. The van der Waals surface area contributed by atoms with Crippen LogP contribution in [-0.4, -0.2) is 82.3 Å². The Kier molecular flexibility index (Phi) is 13.8. The molecule has 0 saturated heterocycles. The van der Waals surface area contributed by atoms with Gasteiger partial charge in [0.1, 0.15) is 18.1 Å². The fourth-order valence-electron chi connectivity index (χ4n) is 2.68. The van der Waals surface area contributed by atoms with Gasteiger partial charge in [0.25, 0.3) is 0 Å². The van der Waals surface area contributed by atoms with Crippen molar-refractivity contribution in [3.8, 4) is 0 Å². The molecule has 3 amide bonds. The molecule has 0 aromatic rings. The lowest BCUT2D eigenvalue weighted by Gasteiger charge is -2.25. The van der Waals surface area contributed by atoms with E-state index < -0.39 is 66.4 Å². The molecule has 0 fully saturated rings. The molecular weight excluding hydrogens is 426 g/mol. The average Bonchev–Trinajstić information content (AvgIpc) is 2.72. The minimum Gasteiger partial charge on any atom is -0.481 e. The highest BCUT2D eigenvalue weighted by Crippen LogP contribution is 2.05. The van der Waals surface area contributed by atoms with E-state index in [0.29, 0.717) is 19.4 Å². The number of aliphatic hydroxyl groups excluding tert-OH is 1. The van der Waals surface area contributed by atoms with Crippen molar-refractivity contribution in [2.75, 3.05) is 13.2 Å². The Labute approximate surface area is 186 Å². The van der Waals surface area contributed by atoms with Gasteiger partial charge in [-0.15, -0.1) is 0 Å². The highest BCUT2D eigenvalue weighted by Gasteiger charge is 2.30. The van der Waals surface area contributed by atoms with Crippen LogP contribution in [0.25, 0.3) is 0 Å². The van der Waals surface area contributed by atoms with Crippen LogP contribution in [0.2, 0.25) is 0 Å². The molecule has 0 aliphatic heterocycles. The van der Waals surface area contributed by atoms with Crippen LogP contribution in [-0.2, 0) is 24.0 Å². The molecule has 0 heterocycles. The van der Waals surface area contributed by atoms with Gasteiger partial charge in [-0.1, -0.05) is 13.8 Å². The van der Waals surface area contributed by atoms with Crippen molar-refractivity contribution >= 4 is 29.7 Å². The van der Waals surface area contributed by atoms with Crippen LogP contribution in [0, 0.1) is 5.92 Å². The Balaban J connectivity index is 5.22. The molecule has 13 heteroatoms. The van der Waals surface area contributed by atoms with E-state index in [1.807, 2.05) is 0 Å². The molecule has 0 aromatic heterocycles. The van der Waals surface area contributed by atoms with Crippen molar-refractivity contribution in [1.29, 1.82) is 0 Å². The quantitative estimate of drug-likeness (QED) is 0.112. The van der Waals surface area contributed by atoms with Gasteiger partial charge in [-0.25, -0.2) is 4.79 Å². The number of carboxylic acid groups (broad SMARTS) is 2. The number of carbonyl (C=O) groups excluding carboxylic acids is 3. The Bertz CT molecular complexity index is 658. The van der Waals surface area contributed by atoms with Gasteiger partial charge in [-0.05, 0) is 38.1 Å². The van der Waals surface area contributed by atoms with E-state index in [0.717, 1.165) is 0 Å².